The van der Waals surface area contributed by atoms with Crippen molar-refractivity contribution < 1.29 is 22.7 Å². The van der Waals surface area contributed by atoms with Gasteiger partial charge in [-0.3, -0.25) is 4.79 Å². The summed E-state index contributed by atoms with van der Waals surface area (Å²) in [4.78, 5) is 15.1. The molecule has 1 aromatic carbocycles. The number of rotatable bonds is 4. The van der Waals surface area contributed by atoms with E-state index in [2.05, 4.69) is 6.92 Å². The molecule has 0 N–H and O–H groups in total. The number of hydrogen-bond donors (Lipinski definition) is 0. The topological polar surface area (TPSA) is 76.1 Å². The molecule has 2 saturated heterocycles. The second-order valence-electron chi connectivity index (χ2n) is 8.46. The first kappa shape index (κ1) is 18.5. The van der Waals surface area contributed by atoms with Crippen molar-refractivity contribution in [1.82, 2.24) is 4.31 Å². The third kappa shape index (κ3) is 2.81. The average Bonchev–Trinajstić information content (AvgIpc) is 3.32. The lowest BCUT2D eigenvalue weighted by Crippen LogP contribution is -2.42. The van der Waals surface area contributed by atoms with E-state index in [0.717, 1.165) is 25.7 Å². The van der Waals surface area contributed by atoms with Crippen LogP contribution in [0.2, 0.25) is 0 Å². The standard InChI is InChI=1S/C20H26N2O5S/c1-14-3-2-8-21(12-14)28(24,25)16-6-7-18-17(11-16)20(26-9-10-27-20)19(23)22(18)13-15-4-5-15/h6-7,11,14-15H,2-5,8-10,12-13H2,1H3. The van der Waals surface area contributed by atoms with Crippen LogP contribution in [0, 0.1) is 11.8 Å². The molecule has 3 aliphatic heterocycles. The molecule has 1 aliphatic carbocycles. The second kappa shape index (κ2) is 6.52. The van der Waals surface area contributed by atoms with Gasteiger partial charge in [0.1, 0.15) is 0 Å². The van der Waals surface area contributed by atoms with E-state index in [1.807, 2.05) is 0 Å². The number of benzene rings is 1. The summed E-state index contributed by atoms with van der Waals surface area (Å²) in [6, 6.07) is 4.96. The first-order chi connectivity index (χ1) is 13.4. The van der Waals surface area contributed by atoms with E-state index in [1.165, 1.54) is 0 Å². The molecule has 28 heavy (non-hydrogen) atoms. The van der Waals surface area contributed by atoms with Crippen LogP contribution in [0.3, 0.4) is 0 Å². The number of fused-ring (bicyclic) bond motifs is 2. The van der Waals surface area contributed by atoms with Crippen molar-refractivity contribution in [1.29, 1.82) is 0 Å². The first-order valence-corrected chi connectivity index (χ1v) is 11.6. The summed E-state index contributed by atoms with van der Waals surface area (Å²) in [7, 11) is -3.62. The Morgan fingerprint density at radius 1 is 1.18 bits per heavy atom. The summed E-state index contributed by atoms with van der Waals surface area (Å²) < 4.78 is 39.6. The normalized spacial score (nSPS) is 27.5. The second-order valence-corrected chi connectivity index (χ2v) is 10.4. The van der Waals surface area contributed by atoms with E-state index in [1.54, 1.807) is 27.4 Å². The van der Waals surface area contributed by atoms with E-state index in [0.29, 0.717) is 55.9 Å². The highest BCUT2D eigenvalue weighted by Gasteiger charge is 2.57. The average molecular weight is 407 g/mol. The van der Waals surface area contributed by atoms with Crippen LogP contribution in [-0.4, -0.2) is 51.5 Å². The minimum absolute atomic E-state index is 0.208. The predicted octanol–water partition coefficient (Wildman–Crippen LogP) is 2.06. The Kier molecular flexibility index (Phi) is 4.32. The Labute approximate surface area is 165 Å². The highest BCUT2D eigenvalue weighted by Crippen LogP contribution is 2.48. The summed E-state index contributed by atoms with van der Waals surface area (Å²) >= 11 is 0. The number of piperidine rings is 1. The first-order valence-electron chi connectivity index (χ1n) is 10.2. The number of amides is 1. The number of nitrogens with zero attached hydrogens (tertiary/aromatic N) is 2. The molecule has 0 radical (unpaired) electrons. The summed E-state index contributed by atoms with van der Waals surface area (Å²) in [6.07, 6.45) is 4.15. The van der Waals surface area contributed by atoms with Crippen molar-refractivity contribution in [2.24, 2.45) is 11.8 Å². The van der Waals surface area contributed by atoms with Gasteiger partial charge in [-0.2, -0.15) is 4.31 Å². The number of ether oxygens (including phenoxy) is 2. The van der Waals surface area contributed by atoms with Gasteiger partial charge in [0, 0.05) is 25.2 Å². The van der Waals surface area contributed by atoms with Crippen molar-refractivity contribution in [3.8, 4) is 0 Å². The van der Waals surface area contributed by atoms with Crippen LogP contribution in [0.4, 0.5) is 5.69 Å². The van der Waals surface area contributed by atoms with Crippen LogP contribution in [-0.2, 0) is 30.1 Å². The Morgan fingerprint density at radius 2 is 1.93 bits per heavy atom. The molecule has 1 amide bonds. The van der Waals surface area contributed by atoms with Crippen molar-refractivity contribution >= 4 is 21.6 Å². The lowest BCUT2D eigenvalue weighted by Gasteiger charge is -2.30. The third-order valence-corrected chi connectivity index (χ3v) is 8.09. The molecule has 0 bridgehead atoms. The molecule has 1 spiro atoms. The molecule has 0 aromatic heterocycles. The van der Waals surface area contributed by atoms with Gasteiger partial charge in [-0.05, 0) is 55.7 Å². The van der Waals surface area contributed by atoms with Crippen LogP contribution in [0.5, 0.6) is 0 Å². The summed E-state index contributed by atoms with van der Waals surface area (Å²) in [5.74, 6) is -0.855. The van der Waals surface area contributed by atoms with Gasteiger partial charge >= 0.3 is 0 Å². The Bertz CT molecular complexity index is 905. The molecule has 1 saturated carbocycles. The Morgan fingerprint density at radius 3 is 2.61 bits per heavy atom. The Hall–Kier alpha value is -1.48. The zero-order chi connectivity index (χ0) is 19.5. The maximum atomic E-state index is 13.2. The molecule has 3 fully saturated rings. The number of carbonyl (C=O) groups excluding carboxylic acids is 1. The number of hydrogen-bond acceptors (Lipinski definition) is 5. The van der Waals surface area contributed by atoms with Crippen LogP contribution in [0.15, 0.2) is 23.1 Å². The van der Waals surface area contributed by atoms with Gasteiger partial charge in [-0.1, -0.05) is 6.92 Å². The highest BCUT2D eigenvalue weighted by molar-refractivity contribution is 7.89. The summed E-state index contributed by atoms with van der Waals surface area (Å²) in [5.41, 5.74) is 1.24. The summed E-state index contributed by atoms with van der Waals surface area (Å²) in [6.45, 7) is 4.43. The van der Waals surface area contributed by atoms with Gasteiger partial charge in [0.05, 0.1) is 23.8 Å². The monoisotopic (exact) mass is 406 g/mol. The molecular weight excluding hydrogens is 380 g/mol. The maximum Gasteiger partial charge on any atom is 0.292 e. The van der Waals surface area contributed by atoms with E-state index >= 15 is 0 Å². The minimum atomic E-state index is -3.62. The molecule has 5 rings (SSSR count). The Balaban J connectivity index is 1.55. The van der Waals surface area contributed by atoms with E-state index < -0.39 is 15.8 Å². The quantitative estimate of drug-likeness (QED) is 0.765. The van der Waals surface area contributed by atoms with Crippen LogP contribution >= 0.6 is 0 Å². The largest absolute Gasteiger partial charge is 0.336 e. The van der Waals surface area contributed by atoms with E-state index in [-0.39, 0.29) is 10.8 Å². The fourth-order valence-electron chi connectivity index (χ4n) is 4.52. The smallest absolute Gasteiger partial charge is 0.292 e. The van der Waals surface area contributed by atoms with Crippen molar-refractivity contribution in [3.63, 3.8) is 0 Å². The number of sulfonamides is 1. The lowest BCUT2D eigenvalue weighted by molar-refractivity contribution is -0.180. The van der Waals surface area contributed by atoms with Crippen LogP contribution < -0.4 is 4.90 Å². The van der Waals surface area contributed by atoms with Gasteiger partial charge in [-0.25, -0.2) is 8.42 Å². The molecule has 1 unspecified atom stereocenters. The number of anilines is 1. The third-order valence-electron chi connectivity index (χ3n) is 6.23. The minimum Gasteiger partial charge on any atom is -0.336 e. The van der Waals surface area contributed by atoms with Crippen molar-refractivity contribution in [2.75, 3.05) is 37.7 Å². The van der Waals surface area contributed by atoms with E-state index in [9.17, 15) is 13.2 Å². The van der Waals surface area contributed by atoms with Crippen molar-refractivity contribution in [3.05, 3.63) is 23.8 Å². The van der Waals surface area contributed by atoms with Gasteiger partial charge in [0.15, 0.2) is 0 Å². The predicted molar refractivity (Wildman–Crippen MR) is 102 cm³/mol. The molecule has 4 aliphatic rings. The molecule has 8 heteroatoms. The van der Waals surface area contributed by atoms with Gasteiger partial charge in [-0.15, -0.1) is 0 Å². The molecule has 1 aromatic rings. The van der Waals surface area contributed by atoms with Crippen molar-refractivity contribution in [2.45, 2.75) is 43.3 Å². The lowest BCUT2D eigenvalue weighted by atomic mass is 10.0. The highest BCUT2D eigenvalue weighted by atomic mass is 32.2. The van der Waals surface area contributed by atoms with Crippen LogP contribution in [0.1, 0.15) is 38.2 Å². The van der Waals surface area contributed by atoms with Gasteiger partial charge in [0.2, 0.25) is 10.0 Å². The zero-order valence-electron chi connectivity index (χ0n) is 16.1. The fourth-order valence-corrected chi connectivity index (χ4v) is 6.15. The van der Waals surface area contributed by atoms with Crippen LogP contribution in [0.25, 0.3) is 0 Å². The number of carbonyl (C=O) groups is 1. The van der Waals surface area contributed by atoms with Gasteiger partial charge in [0.25, 0.3) is 11.7 Å². The zero-order valence-corrected chi connectivity index (χ0v) is 16.9. The summed E-state index contributed by atoms with van der Waals surface area (Å²) in [5, 5.41) is 0. The molecule has 7 nitrogen and oxygen atoms in total. The van der Waals surface area contributed by atoms with Gasteiger partial charge < -0.3 is 14.4 Å². The SMILES string of the molecule is CC1CCCN(S(=O)(=O)c2ccc3c(c2)C2(OCCO2)C(=O)N3CC2CC2)C1. The molecule has 1 atom stereocenters. The molecular formula is C20H26N2O5S. The molecule has 3 heterocycles. The molecule has 152 valence electrons. The van der Waals surface area contributed by atoms with E-state index in [4.69, 9.17) is 9.47 Å². The fraction of sp³-hybridized carbons (Fsp3) is 0.650. The maximum absolute atomic E-state index is 13.2.